The number of sulfonamides is 1. The first-order chi connectivity index (χ1) is 18.7. The third-order valence-corrected chi connectivity index (χ3v) is 7.47. The second-order valence-electron chi connectivity index (χ2n) is 9.28. The van der Waals surface area contributed by atoms with Crippen LogP contribution < -0.4 is 19.1 Å². The van der Waals surface area contributed by atoms with Gasteiger partial charge in [0.25, 0.3) is 0 Å². The lowest BCUT2D eigenvalue weighted by Gasteiger charge is -2.31. The van der Waals surface area contributed by atoms with E-state index in [1.54, 1.807) is 36.3 Å². The number of carbonyl (C=O) groups is 2. The molecule has 0 bridgehead atoms. The van der Waals surface area contributed by atoms with Crippen LogP contribution in [0.2, 0.25) is 0 Å². The largest absolute Gasteiger partial charge is 0.497 e. The van der Waals surface area contributed by atoms with Gasteiger partial charge < -0.3 is 19.7 Å². The molecule has 0 spiro atoms. The van der Waals surface area contributed by atoms with Crippen molar-refractivity contribution in [2.75, 3.05) is 37.4 Å². The van der Waals surface area contributed by atoms with Gasteiger partial charge in [0.1, 0.15) is 17.5 Å². The van der Waals surface area contributed by atoms with Crippen molar-refractivity contribution in [3.63, 3.8) is 0 Å². The second kappa shape index (κ2) is 16.0. The highest BCUT2D eigenvalue weighted by Crippen LogP contribution is 2.30. The van der Waals surface area contributed by atoms with Gasteiger partial charge in [-0.1, -0.05) is 44.5 Å². The Morgan fingerprint density at radius 2 is 1.77 bits per heavy atom. The van der Waals surface area contributed by atoms with E-state index in [1.165, 1.54) is 4.31 Å². The first-order valence-corrected chi connectivity index (χ1v) is 15.4. The summed E-state index contributed by atoms with van der Waals surface area (Å²) in [6.45, 7) is 7.04. The summed E-state index contributed by atoms with van der Waals surface area (Å²) in [4.78, 5) is 28.3. The Balaban J connectivity index is 2.25. The fourth-order valence-electron chi connectivity index (χ4n) is 4.32. The van der Waals surface area contributed by atoms with Crippen LogP contribution in [-0.4, -0.2) is 64.2 Å². The number of rotatable bonds is 17. The molecule has 1 atom stereocenters. The summed E-state index contributed by atoms with van der Waals surface area (Å²) in [5.74, 6) is 0.718. The molecule has 0 aliphatic rings. The fourth-order valence-corrected chi connectivity index (χ4v) is 5.29. The van der Waals surface area contributed by atoms with E-state index in [0.717, 1.165) is 24.7 Å². The number of carbonyl (C=O) groups excluding carboxylic acids is 2. The normalized spacial score (nSPS) is 11.9. The van der Waals surface area contributed by atoms with E-state index < -0.39 is 16.1 Å². The average Bonchev–Trinajstić information content (AvgIpc) is 2.91. The first-order valence-electron chi connectivity index (χ1n) is 13.6. The molecule has 0 saturated heterocycles. The van der Waals surface area contributed by atoms with Crippen molar-refractivity contribution in [1.82, 2.24) is 10.2 Å². The Kier molecular flexibility index (Phi) is 13.1. The number of para-hydroxylation sites is 2. The van der Waals surface area contributed by atoms with Gasteiger partial charge >= 0.3 is 0 Å². The molecule has 0 aromatic heterocycles. The Hall–Kier alpha value is -3.27. The van der Waals surface area contributed by atoms with Gasteiger partial charge in [0.05, 0.1) is 25.7 Å². The molecule has 1 N–H and O–H groups in total. The molecule has 2 aromatic carbocycles. The number of unbranched alkanes of at least 4 members (excludes halogenated alkanes) is 1. The Labute approximate surface area is 233 Å². The number of ether oxygens (including phenoxy) is 2. The zero-order chi connectivity index (χ0) is 28.8. The van der Waals surface area contributed by atoms with Crippen LogP contribution in [0.25, 0.3) is 0 Å². The highest BCUT2D eigenvalue weighted by molar-refractivity contribution is 7.92. The molecule has 0 heterocycles. The lowest BCUT2D eigenvalue weighted by Crippen LogP contribution is -2.49. The minimum Gasteiger partial charge on any atom is -0.497 e. The van der Waals surface area contributed by atoms with Gasteiger partial charge in [-0.3, -0.25) is 13.9 Å². The summed E-state index contributed by atoms with van der Waals surface area (Å²) in [6.07, 6.45) is 3.75. The Bertz CT molecular complexity index is 1170. The molecule has 0 aliphatic heterocycles. The molecule has 0 radical (unpaired) electrons. The summed E-state index contributed by atoms with van der Waals surface area (Å²) in [5.41, 5.74) is 1.27. The van der Waals surface area contributed by atoms with Crippen molar-refractivity contribution in [1.29, 1.82) is 0 Å². The quantitative estimate of drug-likeness (QED) is 0.288. The first kappa shape index (κ1) is 31.9. The van der Waals surface area contributed by atoms with E-state index in [4.69, 9.17) is 9.47 Å². The van der Waals surface area contributed by atoms with Gasteiger partial charge in [0.2, 0.25) is 21.8 Å². The molecule has 2 rings (SSSR count). The van der Waals surface area contributed by atoms with E-state index in [1.807, 2.05) is 38.1 Å². The molecule has 2 amide bonds. The molecule has 2 aromatic rings. The summed E-state index contributed by atoms with van der Waals surface area (Å²) in [6, 6.07) is 13.7. The molecule has 0 fully saturated rings. The van der Waals surface area contributed by atoms with Crippen molar-refractivity contribution < 1.29 is 27.5 Å². The van der Waals surface area contributed by atoms with E-state index in [-0.39, 0.29) is 37.7 Å². The van der Waals surface area contributed by atoms with Crippen molar-refractivity contribution in [2.24, 2.45) is 0 Å². The molecule has 0 saturated carbocycles. The van der Waals surface area contributed by atoms with Crippen LogP contribution in [0.1, 0.15) is 58.4 Å². The van der Waals surface area contributed by atoms with Crippen LogP contribution in [-0.2, 0) is 26.2 Å². The zero-order valence-electron chi connectivity index (χ0n) is 23.8. The second-order valence-corrected chi connectivity index (χ2v) is 11.2. The number of nitrogens with zero attached hydrogens (tertiary/aromatic N) is 2. The smallest absolute Gasteiger partial charge is 0.242 e. The fraction of sp³-hybridized carbons (Fsp3) is 0.517. The molecular formula is C29H43N3O6S. The van der Waals surface area contributed by atoms with Crippen LogP contribution in [0.3, 0.4) is 0 Å². The average molecular weight is 562 g/mol. The topological polar surface area (TPSA) is 105 Å². The van der Waals surface area contributed by atoms with E-state index in [9.17, 15) is 18.0 Å². The van der Waals surface area contributed by atoms with Gasteiger partial charge in [-0.15, -0.1) is 0 Å². The van der Waals surface area contributed by atoms with Gasteiger partial charge in [-0.05, 0) is 56.0 Å². The SMILES string of the molecule is CCCCNC(=O)C(CC)N(Cc1cccc(OC)c1)C(=O)CCCN(c1ccccc1OCC)S(C)(=O)=O. The number of benzene rings is 2. The van der Waals surface area contributed by atoms with Crippen LogP contribution >= 0.6 is 0 Å². The molecule has 9 nitrogen and oxygen atoms in total. The van der Waals surface area contributed by atoms with Crippen LogP contribution in [0.5, 0.6) is 11.5 Å². The van der Waals surface area contributed by atoms with Gasteiger partial charge in [-0.25, -0.2) is 8.42 Å². The summed E-state index contributed by atoms with van der Waals surface area (Å²) in [7, 11) is -2.05. The third kappa shape index (κ3) is 9.76. The number of hydrogen-bond acceptors (Lipinski definition) is 6. The minimum absolute atomic E-state index is 0.0749. The monoisotopic (exact) mass is 561 g/mol. The summed E-state index contributed by atoms with van der Waals surface area (Å²) >= 11 is 0. The standard InChI is InChI=1S/C29H43N3O6S/c1-6-9-19-30-29(34)25(7-2)31(22-23-14-12-15-24(21-23)37-4)28(33)18-13-20-32(39(5,35)36)26-16-10-11-17-27(26)38-8-3/h10-12,14-17,21,25H,6-9,13,18-20,22H2,1-5H3,(H,30,34). The van der Waals surface area contributed by atoms with Crippen molar-refractivity contribution in [3.8, 4) is 11.5 Å². The molecule has 10 heteroatoms. The molecule has 216 valence electrons. The lowest BCUT2D eigenvalue weighted by molar-refractivity contribution is -0.141. The summed E-state index contributed by atoms with van der Waals surface area (Å²) in [5, 5.41) is 2.95. The minimum atomic E-state index is -3.63. The zero-order valence-corrected chi connectivity index (χ0v) is 24.6. The van der Waals surface area contributed by atoms with Gasteiger partial charge in [0, 0.05) is 26.1 Å². The van der Waals surface area contributed by atoms with Crippen LogP contribution in [0.4, 0.5) is 5.69 Å². The lowest BCUT2D eigenvalue weighted by atomic mass is 10.1. The van der Waals surface area contributed by atoms with Gasteiger partial charge in [0.15, 0.2) is 0 Å². The number of nitrogens with one attached hydrogen (secondary N) is 1. The van der Waals surface area contributed by atoms with Crippen LogP contribution in [0, 0.1) is 0 Å². The van der Waals surface area contributed by atoms with Crippen molar-refractivity contribution >= 4 is 27.5 Å². The molecule has 39 heavy (non-hydrogen) atoms. The maximum absolute atomic E-state index is 13.6. The van der Waals surface area contributed by atoms with Crippen LogP contribution in [0.15, 0.2) is 48.5 Å². The Morgan fingerprint density at radius 1 is 1.03 bits per heavy atom. The van der Waals surface area contributed by atoms with Gasteiger partial charge in [-0.2, -0.15) is 0 Å². The molecule has 1 unspecified atom stereocenters. The summed E-state index contributed by atoms with van der Waals surface area (Å²) < 4.78 is 37.6. The number of hydrogen-bond donors (Lipinski definition) is 1. The molecular weight excluding hydrogens is 518 g/mol. The van der Waals surface area contributed by atoms with E-state index >= 15 is 0 Å². The maximum atomic E-state index is 13.6. The van der Waals surface area contributed by atoms with E-state index in [0.29, 0.717) is 36.8 Å². The highest BCUT2D eigenvalue weighted by Gasteiger charge is 2.29. The number of anilines is 1. The number of methoxy groups -OCH3 is 1. The maximum Gasteiger partial charge on any atom is 0.242 e. The Morgan fingerprint density at radius 3 is 2.41 bits per heavy atom. The van der Waals surface area contributed by atoms with E-state index in [2.05, 4.69) is 12.2 Å². The predicted octanol–water partition coefficient (Wildman–Crippen LogP) is 4.36. The van der Waals surface area contributed by atoms with Crippen molar-refractivity contribution in [2.45, 2.75) is 65.5 Å². The predicted molar refractivity (Wildman–Crippen MR) is 155 cm³/mol. The highest BCUT2D eigenvalue weighted by atomic mass is 32.2. The third-order valence-electron chi connectivity index (χ3n) is 6.29. The van der Waals surface area contributed by atoms with Crippen molar-refractivity contribution in [3.05, 3.63) is 54.1 Å². The molecule has 0 aliphatic carbocycles. The number of amides is 2.